The Hall–Kier alpha value is -1.78. The van der Waals surface area contributed by atoms with Gasteiger partial charge < -0.3 is 5.11 Å². The quantitative estimate of drug-likeness (QED) is 0.905. The van der Waals surface area contributed by atoms with Crippen LogP contribution >= 0.6 is 0 Å². The lowest BCUT2D eigenvalue weighted by atomic mass is 9.81. The number of hydrogen-bond donors (Lipinski definition) is 1. The van der Waals surface area contributed by atoms with E-state index in [2.05, 4.69) is 17.0 Å². The van der Waals surface area contributed by atoms with E-state index < -0.39 is 17.2 Å². The maximum atomic E-state index is 14.0. The van der Waals surface area contributed by atoms with Gasteiger partial charge >= 0.3 is 0 Å². The highest BCUT2D eigenvalue weighted by Gasteiger charge is 2.47. The van der Waals surface area contributed by atoms with E-state index in [0.29, 0.717) is 24.9 Å². The molecule has 2 bridgehead atoms. The minimum Gasteiger partial charge on any atom is -0.389 e. The molecule has 0 radical (unpaired) electrons. The van der Waals surface area contributed by atoms with Crippen LogP contribution in [-0.2, 0) is 13.0 Å². The second-order valence-corrected chi connectivity index (χ2v) is 7.59. The van der Waals surface area contributed by atoms with Crippen LogP contribution in [0.15, 0.2) is 48.5 Å². The highest BCUT2D eigenvalue weighted by atomic mass is 19.1. The Balaban J connectivity index is 1.49. The first kappa shape index (κ1) is 16.7. The van der Waals surface area contributed by atoms with Gasteiger partial charge in [-0.2, -0.15) is 0 Å². The summed E-state index contributed by atoms with van der Waals surface area (Å²) >= 11 is 0. The Morgan fingerprint density at radius 1 is 1.00 bits per heavy atom. The smallest absolute Gasteiger partial charge is 0.126 e. The first-order valence-electron chi connectivity index (χ1n) is 8.98. The Morgan fingerprint density at radius 3 is 2.36 bits per heavy atom. The van der Waals surface area contributed by atoms with Crippen LogP contribution in [0.25, 0.3) is 0 Å². The van der Waals surface area contributed by atoms with E-state index in [-0.39, 0.29) is 12.0 Å². The van der Waals surface area contributed by atoms with E-state index >= 15 is 0 Å². The molecule has 4 heteroatoms. The fraction of sp³-hybridized carbons (Fsp3) is 0.429. The number of piperidine rings is 1. The highest BCUT2D eigenvalue weighted by Crippen LogP contribution is 2.43. The standard InChI is InChI=1S/C21H23F2NO/c22-17-6-9-20(23)16(10-17)11-21(25)12-18-7-8-19(13-21)24(18)14-15-4-2-1-3-5-15/h1-6,9-10,18-19,25H,7-8,11-14H2. The molecule has 2 aliphatic heterocycles. The number of hydrogen-bond acceptors (Lipinski definition) is 2. The van der Waals surface area contributed by atoms with Gasteiger partial charge in [0.1, 0.15) is 11.6 Å². The van der Waals surface area contributed by atoms with Crippen molar-refractivity contribution in [1.82, 2.24) is 4.90 Å². The predicted molar refractivity (Wildman–Crippen MR) is 93.0 cm³/mol. The van der Waals surface area contributed by atoms with Gasteiger partial charge in [0.15, 0.2) is 0 Å². The minimum absolute atomic E-state index is 0.183. The number of halogens is 2. The molecule has 25 heavy (non-hydrogen) atoms. The normalized spacial score (nSPS) is 29.1. The fourth-order valence-electron chi connectivity index (χ4n) is 4.64. The summed E-state index contributed by atoms with van der Waals surface area (Å²) in [6.45, 7) is 0.889. The molecular weight excluding hydrogens is 320 g/mol. The molecule has 0 aliphatic carbocycles. The molecule has 132 valence electrons. The van der Waals surface area contributed by atoms with Gasteiger partial charge in [0, 0.05) is 25.0 Å². The summed E-state index contributed by atoms with van der Waals surface area (Å²) in [5.74, 6) is -0.890. The maximum Gasteiger partial charge on any atom is 0.126 e. The second-order valence-electron chi connectivity index (χ2n) is 7.59. The van der Waals surface area contributed by atoms with E-state index in [1.807, 2.05) is 18.2 Å². The van der Waals surface area contributed by atoms with E-state index in [1.165, 1.54) is 11.6 Å². The summed E-state index contributed by atoms with van der Waals surface area (Å²) in [5, 5.41) is 11.1. The molecule has 2 saturated heterocycles. The van der Waals surface area contributed by atoms with Gasteiger partial charge in [-0.25, -0.2) is 8.78 Å². The SMILES string of the molecule is OC1(Cc2cc(F)ccc2F)CC2CCC(C1)N2Cc1ccccc1. The fourth-order valence-corrected chi connectivity index (χ4v) is 4.64. The van der Waals surface area contributed by atoms with E-state index in [4.69, 9.17) is 0 Å². The van der Waals surface area contributed by atoms with E-state index in [9.17, 15) is 13.9 Å². The van der Waals surface area contributed by atoms with Gasteiger partial charge in [0.05, 0.1) is 5.60 Å². The lowest BCUT2D eigenvalue weighted by Gasteiger charge is -2.44. The van der Waals surface area contributed by atoms with Crippen LogP contribution in [0, 0.1) is 11.6 Å². The van der Waals surface area contributed by atoms with Crippen molar-refractivity contribution < 1.29 is 13.9 Å². The molecule has 2 aromatic rings. The number of benzene rings is 2. The van der Waals surface area contributed by atoms with Gasteiger partial charge in [-0.15, -0.1) is 0 Å². The monoisotopic (exact) mass is 343 g/mol. The Labute approximate surface area is 147 Å². The Morgan fingerprint density at radius 2 is 1.68 bits per heavy atom. The topological polar surface area (TPSA) is 23.5 Å². The lowest BCUT2D eigenvalue weighted by molar-refractivity contribution is -0.0544. The highest BCUT2D eigenvalue weighted by molar-refractivity contribution is 5.22. The molecule has 4 rings (SSSR count). The van der Waals surface area contributed by atoms with Crippen LogP contribution in [0.5, 0.6) is 0 Å². The van der Waals surface area contributed by atoms with Gasteiger partial charge in [-0.05, 0) is 55.0 Å². The van der Waals surface area contributed by atoms with Gasteiger partial charge in [0.25, 0.3) is 0 Å². The van der Waals surface area contributed by atoms with Gasteiger partial charge in [-0.3, -0.25) is 4.90 Å². The average Bonchev–Trinajstić information content (AvgIpc) is 2.83. The first-order valence-corrected chi connectivity index (χ1v) is 8.98. The lowest BCUT2D eigenvalue weighted by Crippen LogP contribution is -2.51. The van der Waals surface area contributed by atoms with Crippen LogP contribution in [-0.4, -0.2) is 27.7 Å². The van der Waals surface area contributed by atoms with Crippen LogP contribution in [0.2, 0.25) is 0 Å². The molecular formula is C21H23F2NO. The second kappa shape index (κ2) is 6.50. The maximum absolute atomic E-state index is 14.0. The number of nitrogens with zero attached hydrogens (tertiary/aromatic N) is 1. The van der Waals surface area contributed by atoms with Crippen molar-refractivity contribution in [2.24, 2.45) is 0 Å². The van der Waals surface area contributed by atoms with Crippen molar-refractivity contribution in [1.29, 1.82) is 0 Å². The summed E-state index contributed by atoms with van der Waals surface area (Å²) in [4.78, 5) is 2.48. The zero-order valence-electron chi connectivity index (χ0n) is 14.2. The summed E-state index contributed by atoms with van der Waals surface area (Å²) in [5.41, 5.74) is 0.604. The molecule has 1 N–H and O–H groups in total. The van der Waals surface area contributed by atoms with Crippen molar-refractivity contribution in [3.8, 4) is 0 Å². The minimum atomic E-state index is -0.951. The summed E-state index contributed by atoms with van der Waals surface area (Å²) in [6, 6.07) is 14.5. The Bertz CT molecular complexity index is 735. The molecule has 2 atom stereocenters. The van der Waals surface area contributed by atoms with Crippen LogP contribution in [0.3, 0.4) is 0 Å². The number of fused-ring (bicyclic) bond motifs is 2. The van der Waals surface area contributed by atoms with Crippen molar-refractivity contribution in [3.63, 3.8) is 0 Å². The molecule has 2 heterocycles. The first-order chi connectivity index (χ1) is 12.0. The van der Waals surface area contributed by atoms with E-state index in [0.717, 1.165) is 31.5 Å². The van der Waals surface area contributed by atoms with Crippen molar-refractivity contribution in [2.45, 2.75) is 56.3 Å². The molecule has 2 aromatic carbocycles. The predicted octanol–water partition coefficient (Wildman–Crippen LogP) is 4.07. The zero-order valence-corrected chi connectivity index (χ0v) is 14.2. The molecule has 2 fully saturated rings. The third-order valence-corrected chi connectivity index (χ3v) is 5.74. The summed E-state index contributed by atoms with van der Waals surface area (Å²) in [7, 11) is 0. The molecule has 2 unspecified atom stereocenters. The van der Waals surface area contributed by atoms with Gasteiger partial charge in [0.2, 0.25) is 0 Å². The van der Waals surface area contributed by atoms with E-state index in [1.54, 1.807) is 0 Å². The molecule has 0 aromatic heterocycles. The van der Waals surface area contributed by atoms with Crippen LogP contribution in [0.1, 0.15) is 36.8 Å². The third kappa shape index (κ3) is 3.46. The van der Waals surface area contributed by atoms with Crippen LogP contribution in [0.4, 0.5) is 8.78 Å². The summed E-state index contributed by atoms with van der Waals surface area (Å²) < 4.78 is 27.4. The van der Waals surface area contributed by atoms with Crippen molar-refractivity contribution >= 4 is 0 Å². The average molecular weight is 343 g/mol. The molecule has 2 aliphatic rings. The molecule has 0 spiro atoms. The third-order valence-electron chi connectivity index (χ3n) is 5.74. The van der Waals surface area contributed by atoms with Crippen LogP contribution < -0.4 is 0 Å². The summed E-state index contributed by atoms with van der Waals surface area (Å²) in [6.07, 6.45) is 3.54. The van der Waals surface area contributed by atoms with Crippen molar-refractivity contribution in [2.75, 3.05) is 0 Å². The molecule has 0 amide bonds. The zero-order chi connectivity index (χ0) is 17.4. The number of aliphatic hydroxyl groups is 1. The largest absolute Gasteiger partial charge is 0.389 e. The van der Waals surface area contributed by atoms with Gasteiger partial charge in [-0.1, -0.05) is 30.3 Å². The molecule has 0 saturated carbocycles. The van der Waals surface area contributed by atoms with Crippen molar-refractivity contribution in [3.05, 3.63) is 71.3 Å². The molecule has 2 nitrogen and oxygen atoms in total. The Kier molecular flexibility index (Phi) is 4.34. The number of rotatable bonds is 4.